The molecule has 3 aromatic carbocycles. The highest BCUT2D eigenvalue weighted by Crippen LogP contribution is 2.27. The second-order valence-electron chi connectivity index (χ2n) is 6.69. The average Bonchev–Trinajstić information content (AvgIpc) is 3.06. The predicted molar refractivity (Wildman–Crippen MR) is 107 cm³/mol. The van der Waals surface area contributed by atoms with Gasteiger partial charge in [-0.3, -0.25) is 4.79 Å². The number of aromatic nitrogens is 2. The van der Waals surface area contributed by atoms with Crippen LogP contribution in [-0.4, -0.2) is 31.0 Å². The summed E-state index contributed by atoms with van der Waals surface area (Å²) in [4.78, 5) is 27.4. The minimum atomic E-state index is -0.378. The Morgan fingerprint density at radius 1 is 1.10 bits per heavy atom. The standard InChI is InChI=1S/C21H15FN4O4/c1-12-10-14(4-8-17(12)22)21(27)23-15-5-2-13(3-6-15)20-24-18-9-7-16(26(29)30)11-19(18)25(20)28/h2-11,28H,1H3,(H-,23,24,27,29,30)/p+1. The second-order valence-corrected chi connectivity index (χ2v) is 6.69. The number of hydrogen-bond donors (Lipinski definition) is 3. The van der Waals surface area contributed by atoms with Crippen molar-refractivity contribution < 1.29 is 24.5 Å². The summed E-state index contributed by atoms with van der Waals surface area (Å²) in [6, 6.07) is 14.9. The van der Waals surface area contributed by atoms with Crippen LogP contribution in [0.15, 0.2) is 60.7 Å². The van der Waals surface area contributed by atoms with Gasteiger partial charge in [0.2, 0.25) is 0 Å². The SMILES string of the molecule is Cc1cc(C(=O)Nc2ccc(-c3nc4ccc([N+](=O)O)cc4n3O)cc2)ccc1F. The lowest BCUT2D eigenvalue weighted by atomic mass is 10.1. The number of carbonyl (C=O) groups excluding carboxylic acids is 1. The van der Waals surface area contributed by atoms with Crippen LogP contribution in [0.5, 0.6) is 0 Å². The summed E-state index contributed by atoms with van der Waals surface area (Å²) < 4.78 is 14.2. The fourth-order valence-electron chi connectivity index (χ4n) is 3.05. The number of hydrogen-bond acceptors (Lipinski definition) is 4. The van der Waals surface area contributed by atoms with Crippen LogP contribution in [0, 0.1) is 17.6 Å². The van der Waals surface area contributed by atoms with Gasteiger partial charge in [0.15, 0.2) is 5.82 Å². The maximum absolute atomic E-state index is 13.4. The molecule has 0 radical (unpaired) electrons. The van der Waals surface area contributed by atoms with Crippen molar-refractivity contribution in [1.82, 2.24) is 9.71 Å². The molecule has 0 fully saturated rings. The number of aryl methyl sites for hydroxylation is 1. The van der Waals surface area contributed by atoms with E-state index < -0.39 is 0 Å². The summed E-state index contributed by atoms with van der Waals surface area (Å²) in [5.41, 5.74) is 2.43. The highest BCUT2D eigenvalue weighted by atomic mass is 19.1. The molecule has 3 N–H and O–H groups in total. The van der Waals surface area contributed by atoms with Gasteiger partial charge >= 0.3 is 5.69 Å². The number of fused-ring (bicyclic) bond motifs is 1. The largest absolute Gasteiger partial charge is 0.426 e. The van der Waals surface area contributed by atoms with Crippen LogP contribution < -0.4 is 5.32 Å². The molecular weight excluding hydrogens is 391 g/mol. The molecule has 1 heterocycles. The van der Waals surface area contributed by atoms with Gasteiger partial charge in [0.1, 0.15) is 11.3 Å². The Balaban J connectivity index is 1.59. The van der Waals surface area contributed by atoms with Gasteiger partial charge in [-0.2, -0.15) is 4.73 Å². The summed E-state index contributed by atoms with van der Waals surface area (Å²) in [7, 11) is 0. The molecule has 0 aliphatic heterocycles. The summed E-state index contributed by atoms with van der Waals surface area (Å²) in [6.07, 6.45) is 0. The Bertz CT molecular complexity index is 1300. The minimum absolute atomic E-state index is 0.0432. The third-order valence-electron chi connectivity index (χ3n) is 4.66. The molecule has 1 aromatic heterocycles. The Morgan fingerprint density at radius 3 is 2.50 bits per heavy atom. The molecule has 0 spiro atoms. The Hall–Kier alpha value is -4.27. The van der Waals surface area contributed by atoms with Gasteiger partial charge in [-0.1, -0.05) is 0 Å². The third-order valence-corrected chi connectivity index (χ3v) is 4.66. The van der Waals surface area contributed by atoms with E-state index >= 15 is 0 Å². The number of nitrogens with zero attached hydrogens (tertiary/aromatic N) is 3. The number of imidazole rings is 1. The second kappa shape index (κ2) is 7.28. The van der Waals surface area contributed by atoms with Crippen LogP contribution in [0.25, 0.3) is 22.4 Å². The van der Waals surface area contributed by atoms with E-state index in [-0.39, 0.29) is 33.7 Å². The average molecular weight is 407 g/mol. The van der Waals surface area contributed by atoms with E-state index in [2.05, 4.69) is 10.3 Å². The number of nitrogens with one attached hydrogen (secondary N) is 1. The van der Waals surface area contributed by atoms with Crippen LogP contribution in [0.2, 0.25) is 0 Å². The maximum Gasteiger partial charge on any atom is 0.318 e. The first-order valence-electron chi connectivity index (χ1n) is 8.89. The fraction of sp³-hybridized carbons (Fsp3) is 0.0476. The highest BCUT2D eigenvalue weighted by molar-refractivity contribution is 6.04. The van der Waals surface area contributed by atoms with Crippen LogP contribution in [0.1, 0.15) is 15.9 Å². The number of halogens is 1. The lowest BCUT2D eigenvalue weighted by Gasteiger charge is -2.07. The lowest BCUT2D eigenvalue weighted by molar-refractivity contribution is -0.729. The molecule has 1 amide bonds. The molecule has 4 rings (SSSR count). The van der Waals surface area contributed by atoms with Gasteiger partial charge < -0.3 is 10.5 Å². The summed E-state index contributed by atoms with van der Waals surface area (Å²) in [5.74, 6) is -0.527. The molecule has 9 heteroatoms. The highest BCUT2D eigenvalue weighted by Gasteiger charge is 2.18. The first kappa shape index (κ1) is 19.1. The van der Waals surface area contributed by atoms with Crippen molar-refractivity contribution in [3.63, 3.8) is 0 Å². The molecule has 8 nitrogen and oxygen atoms in total. The molecule has 30 heavy (non-hydrogen) atoms. The quantitative estimate of drug-likeness (QED) is 0.342. The zero-order chi connectivity index (χ0) is 21.4. The van der Waals surface area contributed by atoms with E-state index in [0.29, 0.717) is 27.9 Å². The van der Waals surface area contributed by atoms with Gasteiger partial charge in [-0.25, -0.2) is 14.6 Å². The molecular formula is C21H16FN4O4+. The zero-order valence-corrected chi connectivity index (χ0v) is 15.7. The number of rotatable bonds is 4. The number of benzene rings is 3. The van der Waals surface area contributed by atoms with Crippen molar-refractivity contribution in [3.8, 4) is 11.4 Å². The first-order valence-corrected chi connectivity index (χ1v) is 8.89. The lowest BCUT2D eigenvalue weighted by Crippen LogP contribution is -2.12. The van der Waals surface area contributed by atoms with Crippen molar-refractivity contribution in [2.24, 2.45) is 0 Å². The van der Waals surface area contributed by atoms with Crippen molar-refractivity contribution in [2.45, 2.75) is 6.92 Å². The normalized spacial score (nSPS) is 10.9. The van der Waals surface area contributed by atoms with Crippen molar-refractivity contribution in [1.29, 1.82) is 0 Å². The maximum atomic E-state index is 13.4. The molecule has 0 aliphatic carbocycles. The Labute approximate surface area is 169 Å². The van der Waals surface area contributed by atoms with E-state index in [1.165, 1.54) is 36.4 Å². The van der Waals surface area contributed by atoms with Gasteiger partial charge in [-0.05, 0) is 61.0 Å². The molecule has 0 saturated heterocycles. The van der Waals surface area contributed by atoms with E-state index in [1.54, 1.807) is 31.2 Å². The van der Waals surface area contributed by atoms with E-state index in [1.807, 2.05) is 0 Å². The molecule has 0 unspecified atom stereocenters. The molecule has 150 valence electrons. The summed E-state index contributed by atoms with van der Waals surface area (Å²) in [6.45, 7) is 1.58. The minimum Gasteiger partial charge on any atom is -0.426 e. The van der Waals surface area contributed by atoms with Gasteiger partial charge in [0.25, 0.3) is 10.8 Å². The topological polar surface area (TPSA) is 107 Å². The van der Waals surface area contributed by atoms with E-state index in [4.69, 9.17) is 5.21 Å². The van der Waals surface area contributed by atoms with E-state index in [9.17, 15) is 19.3 Å². The molecule has 0 aliphatic rings. The van der Waals surface area contributed by atoms with E-state index in [0.717, 1.165) is 4.73 Å². The molecule has 0 atom stereocenters. The Kier molecular flexibility index (Phi) is 4.63. The predicted octanol–water partition coefficient (Wildman–Crippen LogP) is 4.44. The fourth-order valence-corrected chi connectivity index (χ4v) is 3.05. The summed E-state index contributed by atoms with van der Waals surface area (Å²) >= 11 is 0. The smallest absolute Gasteiger partial charge is 0.318 e. The van der Waals surface area contributed by atoms with Gasteiger partial charge in [0.05, 0.1) is 10.4 Å². The zero-order valence-electron chi connectivity index (χ0n) is 15.7. The Morgan fingerprint density at radius 2 is 1.83 bits per heavy atom. The number of anilines is 1. The summed E-state index contributed by atoms with van der Waals surface area (Å²) in [5, 5.41) is 22.2. The van der Waals surface area contributed by atoms with Crippen LogP contribution in [0.4, 0.5) is 15.8 Å². The van der Waals surface area contributed by atoms with Gasteiger partial charge in [0, 0.05) is 28.9 Å². The number of carbonyl (C=O) groups is 1. The van der Waals surface area contributed by atoms with Crippen molar-refractivity contribution in [2.75, 3.05) is 5.32 Å². The van der Waals surface area contributed by atoms with Crippen molar-refractivity contribution in [3.05, 3.63) is 82.5 Å². The molecule has 0 saturated carbocycles. The van der Waals surface area contributed by atoms with Crippen molar-refractivity contribution >= 4 is 28.3 Å². The van der Waals surface area contributed by atoms with Gasteiger partial charge in [-0.15, -0.1) is 0 Å². The first-order chi connectivity index (χ1) is 14.3. The number of amides is 1. The molecule has 4 aromatic rings. The van der Waals surface area contributed by atoms with Crippen LogP contribution in [0.3, 0.4) is 0 Å². The van der Waals surface area contributed by atoms with Crippen LogP contribution >= 0.6 is 0 Å². The monoisotopic (exact) mass is 407 g/mol. The molecule has 0 bridgehead atoms. The van der Waals surface area contributed by atoms with Crippen LogP contribution in [-0.2, 0) is 0 Å². The third kappa shape index (κ3) is 3.44.